The van der Waals surface area contributed by atoms with Crippen LogP contribution in [0.15, 0.2) is 53.5 Å². The number of benzene rings is 2. The molecule has 2 atom stereocenters. The number of hydrogen-bond acceptors (Lipinski definition) is 6. The van der Waals surface area contributed by atoms with Crippen molar-refractivity contribution < 1.29 is 32.7 Å². The van der Waals surface area contributed by atoms with Crippen LogP contribution in [-0.4, -0.2) is 40.9 Å². The number of esters is 1. The molecule has 5 rings (SSSR count). The van der Waals surface area contributed by atoms with Crippen LogP contribution in [0.1, 0.15) is 98.8 Å². The third kappa shape index (κ3) is 7.17. The fourth-order valence-corrected chi connectivity index (χ4v) is 6.39. The monoisotopic (exact) mass is 580 g/mol. The first-order valence-electron chi connectivity index (χ1n) is 14.8. The van der Waals surface area contributed by atoms with Crippen LogP contribution in [0, 0.1) is 23.5 Å². The maximum Gasteiger partial charge on any atom is 0.349 e. The SMILES string of the molecule is CC(=O)NC(C(=O)c1cccc(F)c1)C1CCCCC1.CC1=NC(C(=O)c2cccc(F)c2)(C2CCCCC2)C(=O)O1. The van der Waals surface area contributed by atoms with Crippen LogP contribution < -0.4 is 5.32 Å². The number of Topliss-reactive ketones (excluding diaryl/α,β-unsaturated/α-hetero) is 2. The van der Waals surface area contributed by atoms with E-state index in [1.54, 1.807) is 13.0 Å². The summed E-state index contributed by atoms with van der Waals surface area (Å²) in [6.07, 6.45) is 9.75. The molecule has 2 aromatic carbocycles. The zero-order valence-corrected chi connectivity index (χ0v) is 24.2. The summed E-state index contributed by atoms with van der Waals surface area (Å²) < 4.78 is 31.8. The van der Waals surface area contributed by atoms with Gasteiger partial charge in [0.05, 0.1) is 6.04 Å². The molecule has 0 spiro atoms. The largest absolute Gasteiger partial charge is 0.410 e. The summed E-state index contributed by atoms with van der Waals surface area (Å²) in [5.41, 5.74) is -1.03. The molecule has 2 fully saturated rings. The summed E-state index contributed by atoms with van der Waals surface area (Å²) in [5, 5.41) is 2.76. The van der Waals surface area contributed by atoms with Crippen LogP contribution in [-0.2, 0) is 14.3 Å². The Hall–Kier alpha value is -3.75. The molecule has 1 heterocycles. The first kappa shape index (κ1) is 31.2. The van der Waals surface area contributed by atoms with E-state index in [2.05, 4.69) is 10.3 Å². The van der Waals surface area contributed by atoms with Crippen molar-refractivity contribution in [2.24, 2.45) is 16.8 Å². The second-order valence-electron chi connectivity index (χ2n) is 11.4. The van der Waals surface area contributed by atoms with Crippen molar-refractivity contribution in [1.29, 1.82) is 0 Å². The number of ketones is 2. The molecular weight excluding hydrogens is 542 g/mol. The maximum atomic E-state index is 13.5. The summed E-state index contributed by atoms with van der Waals surface area (Å²) in [4.78, 5) is 53.7. The molecule has 1 aliphatic heterocycles. The molecule has 1 N–H and O–H groups in total. The van der Waals surface area contributed by atoms with Crippen molar-refractivity contribution in [3.63, 3.8) is 0 Å². The van der Waals surface area contributed by atoms with Crippen molar-refractivity contribution in [3.8, 4) is 0 Å². The van der Waals surface area contributed by atoms with E-state index in [9.17, 15) is 28.0 Å². The van der Waals surface area contributed by atoms with Gasteiger partial charge in [0.25, 0.3) is 0 Å². The average Bonchev–Trinajstić information content (AvgIpc) is 3.30. The topological polar surface area (TPSA) is 102 Å². The van der Waals surface area contributed by atoms with Crippen LogP contribution in [0.2, 0.25) is 0 Å². The van der Waals surface area contributed by atoms with E-state index >= 15 is 0 Å². The first-order chi connectivity index (χ1) is 20.1. The Kier molecular flexibility index (Phi) is 10.4. The third-order valence-corrected chi connectivity index (χ3v) is 8.39. The number of carbonyl (C=O) groups is 4. The zero-order valence-electron chi connectivity index (χ0n) is 24.2. The van der Waals surface area contributed by atoms with Gasteiger partial charge < -0.3 is 10.1 Å². The highest BCUT2D eigenvalue weighted by Gasteiger charge is 2.57. The van der Waals surface area contributed by atoms with Gasteiger partial charge in [-0.05, 0) is 55.9 Å². The summed E-state index contributed by atoms with van der Waals surface area (Å²) >= 11 is 0. The molecule has 0 bridgehead atoms. The molecular formula is C33H38F2N2O5. The molecule has 7 nitrogen and oxygen atoms in total. The molecule has 0 aromatic heterocycles. The second-order valence-corrected chi connectivity index (χ2v) is 11.4. The van der Waals surface area contributed by atoms with E-state index in [0.29, 0.717) is 5.56 Å². The highest BCUT2D eigenvalue weighted by atomic mass is 19.1. The Morgan fingerprint density at radius 3 is 1.95 bits per heavy atom. The smallest absolute Gasteiger partial charge is 0.349 e. The van der Waals surface area contributed by atoms with Gasteiger partial charge in [-0.1, -0.05) is 62.8 Å². The lowest BCUT2D eigenvalue weighted by Crippen LogP contribution is -2.50. The summed E-state index contributed by atoms with van der Waals surface area (Å²) in [5.74, 6) is -2.23. The van der Waals surface area contributed by atoms with Gasteiger partial charge >= 0.3 is 5.97 Å². The van der Waals surface area contributed by atoms with Crippen LogP contribution in [0.25, 0.3) is 0 Å². The predicted octanol–water partition coefficient (Wildman–Crippen LogP) is 6.40. The lowest BCUT2D eigenvalue weighted by molar-refractivity contribution is -0.139. The molecule has 2 aliphatic carbocycles. The first-order valence-corrected chi connectivity index (χ1v) is 14.8. The molecule has 0 radical (unpaired) electrons. The normalized spacial score (nSPS) is 21.8. The Bertz CT molecular complexity index is 1350. The van der Waals surface area contributed by atoms with Crippen molar-refractivity contribution >= 4 is 29.3 Å². The van der Waals surface area contributed by atoms with Gasteiger partial charge in [0, 0.05) is 30.9 Å². The number of nitrogens with zero attached hydrogens (tertiary/aromatic N) is 1. The highest BCUT2D eigenvalue weighted by molar-refractivity contribution is 6.21. The summed E-state index contributed by atoms with van der Waals surface area (Å²) in [6.45, 7) is 2.98. The van der Waals surface area contributed by atoms with Crippen molar-refractivity contribution in [3.05, 3.63) is 71.3 Å². The maximum absolute atomic E-state index is 13.5. The fourth-order valence-electron chi connectivity index (χ4n) is 6.39. The van der Waals surface area contributed by atoms with Gasteiger partial charge in [-0.15, -0.1) is 0 Å². The standard InChI is InChI=1S/C17H18FNO3.C16H20FNO2/c1-11-19-17(16(21)22-11,13-7-3-2-4-8-13)15(20)12-6-5-9-14(18)10-12;1-11(19)18-15(12-6-3-2-4-7-12)16(20)13-8-5-9-14(17)10-13/h5-6,9-10,13H,2-4,7-8H2,1H3;5,8-10,12,15H,2-4,6-7H2,1H3,(H,18,19). The van der Waals surface area contributed by atoms with Gasteiger partial charge in [-0.25, -0.2) is 18.6 Å². The van der Waals surface area contributed by atoms with E-state index < -0.39 is 35.0 Å². The fraction of sp³-hybridized carbons (Fsp3) is 0.485. The molecule has 3 aliphatic rings. The Morgan fingerprint density at radius 1 is 0.881 bits per heavy atom. The number of nitrogens with one attached hydrogen (secondary N) is 1. The average molecular weight is 581 g/mol. The molecule has 0 saturated heterocycles. The molecule has 1 amide bonds. The molecule has 2 unspecified atom stereocenters. The lowest BCUT2D eigenvalue weighted by Gasteiger charge is -2.33. The molecule has 2 aromatic rings. The number of ether oxygens (including phenoxy) is 1. The van der Waals surface area contributed by atoms with Crippen molar-refractivity contribution in [2.45, 2.75) is 89.6 Å². The third-order valence-electron chi connectivity index (χ3n) is 8.39. The van der Waals surface area contributed by atoms with Gasteiger partial charge in [0.1, 0.15) is 11.6 Å². The Labute approximate surface area is 245 Å². The molecule has 224 valence electrons. The lowest BCUT2D eigenvalue weighted by atomic mass is 9.71. The number of rotatable bonds is 7. The van der Waals surface area contributed by atoms with E-state index in [0.717, 1.165) is 63.9 Å². The minimum Gasteiger partial charge on any atom is -0.410 e. The van der Waals surface area contributed by atoms with Gasteiger partial charge in [-0.2, -0.15) is 0 Å². The van der Waals surface area contributed by atoms with E-state index in [1.807, 2.05) is 0 Å². The van der Waals surface area contributed by atoms with Crippen molar-refractivity contribution in [2.75, 3.05) is 0 Å². The minimum absolute atomic E-state index is 0.156. The van der Waals surface area contributed by atoms with Crippen LogP contribution >= 0.6 is 0 Å². The number of carbonyl (C=O) groups excluding carboxylic acids is 4. The zero-order chi connectivity index (χ0) is 30.3. The summed E-state index contributed by atoms with van der Waals surface area (Å²) in [7, 11) is 0. The number of hydrogen-bond donors (Lipinski definition) is 1. The highest BCUT2D eigenvalue weighted by Crippen LogP contribution is 2.41. The second kappa shape index (κ2) is 13.9. The number of amides is 1. The molecule has 42 heavy (non-hydrogen) atoms. The molecule has 2 saturated carbocycles. The predicted molar refractivity (Wildman–Crippen MR) is 154 cm³/mol. The minimum atomic E-state index is -1.53. The summed E-state index contributed by atoms with van der Waals surface area (Å²) in [6, 6.07) is 10.5. The van der Waals surface area contributed by atoms with Gasteiger partial charge in [0.15, 0.2) is 11.7 Å². The van der Waals surface area contributed by atoms with Crippen LogP contribution in [0.5, 0.6) is 0 Å². The van der Waals surface area contributed by atoms with Crippen LogP contribution in [0.3, 0.4) is 0 Å². The van der Waals surface area contributed by atoms with E-state index in [-0.39, 0.29) is 35.0 Å². The molecule has 9 heteroatoms. The van der Waals surface area contributed by atoms with Gasteiger partial charge in [-0.3, -0.25) is 14.4 Å². The van der Waals surface area contributed by atoms with Gasteiger partial charge in [0.2, 0.25) is 17.2 Å². The van der Waals surface area contributed by atoms with E-state index in [1.165, 1.54) is 49.7 Å². The number of aliphatic imine (C=N–C) groups is 1. The van der Waals surface area contributed by atoms with E-state index in [4.69, 9.17) is 4.74 Å². The van der Waals surface area contributed by atoms with Crippen LogP contribution in [0.4, 0.5) is 8.78 Å². The number of halogens is 2. The number of cyclic esters (lactones) is 1. The van der Waals surface area contributed by atoms with Crippen molar-refractivity contribution in [1.82, 2.24) is 5.32 Å². The Morgan fingerprint density at radius 2 is 1.43 bits per heavy atom. The quantitative estimate of drug-likeness (QED) is 0.232. The Balaban J connectivity index is 0.000000194.